The molecule has 0 amide bonds. The Bertz CT molecular complexity index is 1000. The molecule has 3 aromatic rings. The number of halogens is 1. The van der Waals surface area contributed by atoms with Crippen molar-refractivity contribution in [2.75, 3.05) is 6.54 Å². The Balaban J connectivity index is 1.67. The summed E-state index contributed by atoms with van der Waals surface area (Å²) in [5.74, 6) is 2.06. The van der Waals surface area contributed by atoms with Crippen molar-refractivity contribution in [2.24, 2.45) is 12.0 Å². The van der Waals surface area contributed by atoms with Crippen LogP contribution in [-0.4, -0.2) is 33.4 Å². The van der Waals surface area contributed by atoms with E-state index < -0.39 is 0 Å². The van der Waals surface area contributed by atoms with E-state index in [4.69, 9.17) is 4.74 Å². The minimum Gasteiger partial charge on any atom is -0.486 e. The van der Waals surface area contributed by atoms with E-state index >= 15 is 0 Å². The quantitative estimate of drug-likeness (QED) is 0.427. The minimum absolute atomic E-state index is 0.0384. The number of aromatic nitrogens is 3. The summed E-state index contributed by atoms with van der Waals surface area (Å²) < 4.78 is 21.5. The van der Waals surface area contributed by atoms with Gasteiger partial charge in [-0.2, -0.15) is 0 Å². The van der Waals surface area contributed by atoms with Gasteiger partial charge in [0.05, 0.1) is 12.6 Å². The van der Waals surface area contributed by atoms with Gasteiger partial charge in [0.1, 0.15) is 18.5 Å². The second-order valence-corrected chi connectivity index (χ2v) is 7.40. The number of nitrogens with one attached hydrogen (secondary N) is 2. The standard InChI is InChI=1S/C23H29FN6O/c1-16(31-21-13-9-8-12-20(21)24)14-25-23(26-15-22-29-28-18(3)30(22)4)27-17(2)19-10-6-5-7-11-19/h5-13,16-17H,14-15H2,1-4H3,(H2,25,26,27). The molecule has 0 fully saturated rings. The molecule has 2 N–H and O–H groups in total. The summed E-state index contributed by atoms with van der Waals surface area (Å²) in [5, 5.41) is 15.0. The molecule has 0 saturated carbocycles. The smallest absolute Gasteiger partial charge is 0.192 e. The van der Waals surface area contributed by atoms with Crippen LogP contribution in [0.3, 0.4) is 0 Å². The number of aliphatic imine (C=N–C) groups is 1. The monoisotopic (exact) mass is 424 g/mol. The molecule has 0 saturated heterocycles. The molecule has 0 bridgehead atoms. The number of para-hydroxylation sites is 1. The molecular weight excluding hydrogens is 395 g/mol. The summed E-state index contributed by atoms with van der Waals surface area (Å²) in [7, 11) is 1.91. The van der Waals surface area contributed by atoms with Crippen molar-refractivity contribution in [3.8, 4) is 5.75 Å². The van der Waals surface area contributed by atoms with Gasteiger partial charge in [0.25, 0.3) is 0 Å². The molecule has 8 heteroatoms. The van der Waals surface area contributed by atoms with Gasteiger partial charge >= 0.3 is 0 Å². The Hall–Kier alpha value is -3.42. The molecule has 164 valence electrons. The van der Waals surface area contributed by atoms with E-state index in [1.807, 2.05) is 43.7 Å². The summed E-state index contributed by atoms with van der Waals surface area (Å²) in [6, 6.07) is 16.5. The molecule has 2 aromatic carbocycles. The van der Waals surface area contributed by atoms with Crippen molar-refractivity contribution >= 4 is 5.96 Å². The number of rotatable bonds is 8. The molecule has 1 aromatic heterocycles. The molecule has 2 unspecified atom stereocenters. The summed E-state index contributed by atoms with van der Waals surface area (Å²) in [6.45, 7) is 6.66. The highest BCUT2D eigenvalue weighted by Gasteiger charge is 2.12. The Morgan fingerprint density at radius 1 is 1.10 bits per heavy atom. The van der Waals surface area contributed by atoms with E-state index in [1.165, 1.54) is 6.07 Å². The first-order valence-corrected chi connectivity index (χ1v) is 10.3. The van der Waals surface area contributed by atoms with Crippen LogP contribution in [-0.2, 0) is 13.6 Å². The zero-order valence-electron chi connectivity index (χ0n) is 18.3. The van der Waals surface area contributed by atoms with E-state index in [9.17, 15) is 4.39 Å². The third-order valence-electron chi connectivity index (χ3n) is 4.94. The van der Waals surface area contributed by atoms with Crippen molar-refractivity contribution in [1.29, 1.82) is 0 Å². The Labute approximate surface area is 182 Å². The van der Waals surface area contributed by atoms with Crippen LogP contribution >= 0.6 is 0 Å². The lowest BCUT2D eigenvalue weighted by molar-refractivity contribution is 0.214. The number of nitrogens with zero attached hydrogens (tertiary/aromatic N) is 4. The summed E-state index contributed by atoms with van der Waals surface area (Å²) in [6.07, 6.45) is -0.270. The van der Waals surface area contributed by atoms with Gasteiger partial charge in [-0.05, 0) is 38.5 Å². The number of aryl methyl sites for hydroxylation is 1. The van der Waals surface area contributed by atoms with Crippen LogP contribution in [0.15, 0.2) is 59.6 Å². The van der Waals surface area contributed by atoms with Crippen molar-refractivity contribution in [3.05, 3.63) is 77.6 Å². The highest BCUT2D eigenvalue weighted by atomic mass is 19.1. The number of hydrogen-bond donors (Lipinski definition) is 2. The summed E-state index contributed by atoms with van der Waals surface area (Å²) in [5.41, 5.74) is 1.14. The van der Waals surface area contributed by atoms with Crippen LogP contribution in [0, 0.1) is 12.7 Å². The highest BCUT2D eigenvalue weighted by Crippen LogP contribution is 2.17. The topological polar surface area (TPSA) is 76.4 Å². The lowest BCUT2D eigenvalue weighted by Crippen LogP contribution is -2.43. The molecule has 0 aliphatic carbocycles. The average Bonchev–Trinajstić information content (AvgIpc) is 3.10. The van der Waals surface area contributed by atoms with Crippen LogP contribution in [0.25, 0.3) is 0 Å². The number of benzene rings is 2. The zero-order chi connectivity index (χ0) is 22.2. The lowest BCUT2D eigenvalue weighted by atomic mass is 10.1. The fourth-order valence-corrected chi connectivity index (χ4v) is 2.96. The molecule has 0 radical (unpaired) electrons. The SMILES string of the molecule is Cc1nnc(CN=C(NCC(C)Oc2ccccc2F)NC(C)c2ccccc2)n1C. The predicted octanol–water partition coefficient (Wildman–Crippen LogP) is 3.53. The first kappa shape index (κ1) is 22.3. The van der Waals surface area contributed by atoms with E-state index in [0.29, 0.717) is 19.0 Å². The first-order valence-electron chi connectivity index (χ1n) is 10.3. The van der Waals surface area contributed by atoms with E-state index in [2.05, 4.69) is 44.9 Å². The molecule has 2 atom stereocenters. The molecule has 0 aliphatic rings. The van der Waals surface area contributed by atoms with Gasteiger partial charge in [-0.3, -0.25) is 0 Å². The predicted molar refractivity (Wildman–Crippen MR) is 119 cm³/mol. The minimum atomic E-state index is -0.378. The third-order valence-corrected chi connectivity index (χ3v) is 4.94. The molecule has 3 rings (SSSR count). The summed E-state index contributed by atoms with van der Waals surface area (Å²) in [4.78, 5) is 4.67. The molecule has 0 aliphatic heterocycles. The van der Waals surface area contributed by atoms with Gasteiger partial charge in [0.2, 0.25) is 0 Å². The van der Waals surface area contributed by atoms with Crippen LogP contribution in [0.2, 0.25) is 0 Å². The fourth-order valence-electron chi connectivity index (χ4n) is 2.96. The van der Waals surface area contributed by atoms with Crippen molar-refractivity contribution in [2.45, 2.75) is 39.5 Å². The maximum atomic E-state index is 13.9. The van der Waals surface area contributed by atoms with Crippen molar-refractivity contribution in [3.63, 3.8) is 0 Å². The van der Waals surface area contributed by atoms with Crippen LogP contribution in [0.4, 0.5) is 4.39 Å². The Morgan fingerprint density at radius 2 is 1.81 bits per heavy atom. The Morgan fingerprint density at radius 3 is 2.48 bits per heavy atom. The second-order valence-electron chi connectivity index (χ2n) is 7.40. The Kier molecular flexibility index (Phi) is 7.59. The van der Waals surface area contributed by atoms with E-state index in [1.54, 1.807) is 18.2 Å². The number of ether oxygens (including phenoxy) is 1. The van der Waals surface area contributed by atoms with E-state index in [0.717, 1.165) is 17.2 Å². The average molecular weight is 425 g/mol. The highest BCUT2D eigenvalue weighted by molar-refractivity contribution is 5.80. The van der Waals surface area contributed by atoms with Gasteiger partial charge in [0.15, 0.2) is 23.4 Å². The molecule has 0 spiro atoms. The van der Waals surface area contributed by atoms with Crippen molar-refractivity contribution in [1.82, 2.24) is 25.4 Å². The van der Waals surface area contributed by atoms with Gasteiger partial charge in [-0.15, -0.1) is 10.2 Å². The van der Waals surface area contributed by atoms with Crippen LogP contribution < -0.4 is 15.4 Å². The molecule has 31 heavy (non-hydrogen) atoms. The second kappa shape index (κ2) is 10.6. The van der Waals surface area contributed by atoms with Gasteiger partial charge < -0.3 is 19.9 Å². The molecule has 1 heterocycles. The maximum absolute atomic E-state index is 13.9. The third kappa shape index (κ3) is 6.28. The van der Waals surface area contributed by atoms with Crippen molar-refractivity contribution < 1.29 is 9.13 Å². The fraction of sp³-hybridized carbons (Fsp3) is 0.348. The number of hydrogen-bond acceptors (Lipinski definition) is 4. The van der Waals surface area contributed by atoms with Gasteiger partial charge in [-0.25, -0.2) is 9.38 Å². The summed E-state index contributed by atoms with van der Waals surface area (Å²) >= 11 is 0. The van der Waals surface area contributed by atoms with E-state index in [-0.39, 0.29) is 23.7 Å². The van der Waals surface area contributed by atoms with Crippen LogP contribution in [0.5, 0.6) is 5.75 Å². The first-order chi connectivity index (χ1) is 14.9. The maximum Gasteiger partial charge on any atom is 0.192 e. The zero-order valence-corrected chi connectivity index (χ0v) is 18.3. The lowest BCUT2D eigenvalue weighted by Gasteiger charge is -2.21. The van der Waals surface area contributed by atoms with Gasteiger partial charge in [-0.1, -0.05) is 42.5 Å². The normalized spacial score (nSPS) is 13.5. The largest absolute Gasteiger partial charge is 0.486 e. The van der Waals surface area contributed by atoms with Crippen LogP contribution in [0.1, 0.15) is 37.1 Å². The number of guanidine groups is 1. The van der Waals surface area contributed by atoms with Gasteiger partial charge in [0, 0.05) is 7.05 Å². The molecule has 7 nitrogen and oxygen atoms in total. The molecular formula is C23H29FN6O.